The third-order valence-electron chi connectivity index (χ3n) is 11.0. The Hall–Kier alpha value is -5.98. The molecule has 9 aromatic carbocycles. The van der Waals surface area contributed by atoms with Crippen LogP contribution in [0.25, 0.3) is 76.5 Å². The summed E-state index contributed by atoms with van der Waals surface area (Å²) in [7, 11) is 0. The number of hydrogen-bond acceptors (Lipinski definition) is 0. The van der Waals surface area contributed by atoms with E-state index in [4.69, 9.17) is 0 Å². The predicted molar refractivity (Wildman–Crippen MR) is 198 cm³/mol. The normalized spacial score (nSPS) is 13.7. The van der Waals surface area contributed by atoms with Gasteiger partial charge in [-0.05, 0) is 111 Å². The fourth-order valence-electron chi connectivity index (χ4n) is 9.20. The van der Waals surface area contributed by atoms with E-state index >= 15 is 0 Å². The van der Waals surface area contributed by atoms with Gasteiger partial charge in [0.15, 0.2) is 0 Å². The molecule has 0 fully saturated rings. The van der Waals surface area contributed by atoms with Crippen LogP contribution in [-0.2, 0) is 5.41 Å². The van der Waals surface area contributed by atoms with Crippen molar-refractivity contribution in [2.45, 2.75) is 5.41 Å². The molecule has 0 aliphatic heterocycles. The maximum atomic E-state index is 2.43. The molecule has 0 saturated carbocycles. The van der Waals surface area contributed by atoms with Crippen LogP contribution in [0, 0.1) is 0 Å². The number of fused-ring (bicyclic) bond motifs is 17. The van der Waals surface area contributed by atoms with Crippen LogP contribution in [0.1, 0.15) is 22.3 Å². The van der Waals surface area contributed by atoms with Gasteiger partial charge in [0.25, 0.3) is 0 Å². The van der Waals surface area contributed by atoms with E-state index in [1.165, 1.54) is 98.7 Å². The molecule has 0 saturated heterocycles. The first kappa shape index (κ1) is 25.2. The lowest BCUT2D eigenvalue weighted by molar-refractivity contribution is 0.801. The molecule has 0 aromatic heterocycles. The second kappa shape index (κ2) is 9.06. The smallest absolute Gasteiger partial charge is 0.0619 e. The lowest BCUT2D eigenvalue weighted by Gasteiger charge is -2.31. The average molecular weight is 593 g/mol. The van der Waals surface area contributed by atoms with E-state index in [0.717, 1.165) is 0 Å². The van der Waals surface area contributed by atoms with Crippen LogP contribution < -0.4 is 0 Å². The van der Waals surface area contributed by atoms with E-state index in [1.807, 2.05) is 0 Å². The monoisotopic (exact) mass is 592 g/mol. The van der Waals surface area contributed by atoms with Gasteiger partial charge in [0.1, 0.15) is 0 Å². The first-order valence-electron chi connectivity index (χ1n) is 16.5. The largest absolute Gasteiger partial charge is 0.0731 e. The zero-order chi connectivity index (χ0) is 30.7. The molecule has 9 aromatic rings. The molecule has 11 rings (SSSR count). The van der Waals surface area contributed by atoms with E-state index in [9.17, 15) is 0 Å². The van der Waals surface area contributed by atoms with Gasteiger partial charge in [0.2, 0.25) is 0 Å². The summed E-state index contributed by atoms with van der Waals surface area (Å²) in [5.74, 6) is 0. The van der Waals surface area contributed by atoms with Gasteiger partial charge in [0, 0.05) is 0 Å². The number of rotatable bonds is 1. The van der Waals surface area contributed by atoms with Gasteiger partial charge >= 0.3 is 0 Å². The third kappa shape index (κ3) is 3.13. The Morgan fingerprint density at radius 2 is 0.809 bits per heavy atom. The molecule has 0 nitrogen and oxygen atoms in total. The van der Waals surface area contributed by atoms with Crippen LogP contribution in [0.4, 0.5) is 0 Å². The lowest BCUT2D eigenvalue weighted by Crippen LogP contribution is -2.26. The van der Waals surface area contributed by atoms with E-state index < -0.39 is 0 Å². The summed E-state index contributed by atoms with van der Waals surface area (Å²) in [6.07, 6.45) is 0. The van der Waals surface area contributed by atoms with Crippen molar-refractivity contribution >= 4 is 43.1 Å². The summed E-state index contributed by atoms with van der Waals surface area (Å²) in [5, 5.41) is 10.4. The zero-order valence-corrected chi connectivity index (χ0v) is 25.7. The Balaban J connectivity index is 1.23. The molecule has 47 heavy (non-hydrogen) atoms. The SMILES string of the molecule is c1ccc2c(c1)-c1ccccc1C21c2ccccc2-c2ccc3cc(-c4cc5c6ccccc6ccc5c5ccccc45)ccc3c21. The van der Waals surface area contributed by atoms with Crippen LogP contribution in [0.3, 0.4) is 0 Å². The molecule has 216 valence electrons. The lowest BCUT2D eigenvalue weighted by atomic mass is 9.69. The van der Waals surface area contributed by atoms with E-state index in [-0.39, 0.29) is 5.41 Å². The van der Waals surface area contributed by atoms with Gasteiger partial charge in [-0.2, -0.15) is 0 Å². The number of benzene rings is 9. The topological polar surface area (TPSA) is 0 Å². The van der Waals surface area contributed by atoms with Gasteiger partial charge in [-0.15, -0.1) is 0 Å². The van der Waals surface area contributed by atoms with Crippen molar-refractivity contribution in [1.29, 1.82) is 0 Å². The molecular formula is C47H28. The van der Waals surface area contributed by atoms with Crippen LogP contribution in [-0.4, -0.2) is 0 Å². The molecule has 0 bridgehead atoms. The summed E-state index contributed by atoms with van der Waals surface area (Å²) >= 11 is 0. The Morgan fingerprint density at radius 3 is 1.53 bits per heavy atom. The minimum atomic E-state index is -0.352. The molecular weight excluding hydrogens is 565 g/mol. The van der Waals surface area contributed by atoms with Crippen molar-refractivity contribution < 1.29 is 0 Å². The van der Waals surface area contributed by atoms with Crippen LogP contribution in [0.5, 0.6) is 0 Å². The standard InChI is InChI=1S/C47H28/c1-2-12-32-29(11-1)21-25-36-34-13-3-4-14-35(34)41(28-42(32)36)31-22-24-33-30(27-31)23-26-40-39-17-7-10-20-45(39)47(46(33)40)43-18-8-5-15-37(43)38-16-6-9-19-44(38)47/h1-28H. The fourth-order valence-corrected chi connectivity index (χ4v) is 9.20. The molecule has 0 heteroatoms. The van der Waals surface area contributed by atoms with Crippen molar-refractivity contribution in [1.82, 2.24) is 0 Å². The molecule has 0 radical (unpaired) electrons. The molecule has 0 atom stereocenters. The quantitative estimate of drug-likeness (QED) is 0.166. The minimum Gasteiger partial charge on any atom is -0.0619 e. The Kier molecular flexibility index (Phi) is 4.86. The second-order valence-electron chi connectivity index (χ2n) is 13.2. The molecule has 2 aliphatic carbocycles. The Bertz CT molecular complexity index is 2730. The molecule has 0 unspecified atom stereocenters. The van der Waals surface area contributed by atoms with Crippen molar-refractivity contribution in [3.63, 3.8) is 0 Å². The summed E-state index contributed by atoms with van der Waals surface area (Å²) in [6, 6.07) is 63.8. The summed E-state index contributed by atoms with van der Waals surface area (Å²) < 4.78 is 0. The summed E-state index contributed by atoms with van der Waals surface area (Å²) in [5.41, 5.74) is 13.1. The van der Waals surface area contributed by atoms with Gasteiger partial charge in [-0.1, -0.05) is 158 Å². The van der Waals surface area contributed by atoms with E-state index in [1.54, 1.807) is 0 Å². The van der Waals surface area contributed by atoms with Gasteiger partial charge in [-0.3, -0.25) is 0 Å². The highest BCUT2D eigenvalue weighted by atomic mass is 14.5. The molecule has 0 heterocycles. The summed E-state index contributed by atoms with van der Waals surface area (Å²) in [6.45, 7) is 0. The van der Waals surface area contributed by atoms with Crippen molar-refractivity contribution in [3.8, 4) is 33.4 Å². The van der Waals surface area contributed by atoms with Crippen LogP contribution in [0.15, 0.2) is 170 Å². The average Bonchev–Trinajstić information content (AvgIpc) is 3.62. The molecule has 2 aliphatic rings. The highest BCUT2D eigenvalue weighted by Crippen LogP contribution is 2.64. The van der Waals surface area contributed by atoms with Gasteiger partial charge < -0.3 is 0 Å². The molecule has 1 spiro atoms. The Morgan fingerprint density at radius 1 is 0.277 bits per heavy atom. The first-order valence-corrected chi connectivity index (χ1v) is 16.5. The Labute approximate surface area is 273 Å². The van der Waals surface area contributed by atoms with Crippen LogP contribution >= 0.6 is 0 Å². The van der Waals surface area contributed by atoms with Crippen molar-refractivity contribution in [2.24, 2.45) is 0 Å². The maximum Gasteiger partial charge on any atom is 0.0731 e. The number of hydrogen-bond donors (Lipinski definition) is 0. The molecule has 0 N–H and O–H groups in total. The minimum absolute atomic E-state index is 0.352. The third-order valence-corrected chi connectivity index (χ3v) is 11.0. The van der Waals surface area contributed by atoms with E-state index in [0.29, 0.717) is 0 Å². The van der Waals surface area contributed by atoms with Crippen LogP contribution in [0.2, 0.25) is 0 Å². The van der Waals surface area contributed by atoms with Gasteiger partial charge in [-0.25, -0.2) is 0 Å². The first-order chi connectivity index (χ1) is 23.3. The highest BCUT2D eigenvalue weighted by molar-refractivity contribution is 6.21. The fraction of sp³-hybridized carbons (Fsp3) is 0.0213. The molecule has 0 amide bonds. The van der Waals surface area contributed by atoms with E-state index in [2.05, 4.69) is 170 Å². The zero-order valence-electron chi connectivity index (χ0n) is 25.7. The highest BCUT2D eigenvalue weighted by Gasteiger charge is 2.52. The van der Waals surface area contributed by atoms with Crippen molar-refractivity contribution in [2.75, 3.05) is 0 Å². The second-order valence-corrected chi connectivity index (χ2v) is 13.2. The maximum absolute atomic E-state index is 2.43. The summed E-state index contributed by atoms with van der Waals surface area (Å²) in [4.78, 5) is 0. The van der Waals surface area contributed by atoms with Crippen molar-refractivity contribution in [3.05, 3.63) is 192 Å². The predicted octanol–water partition coefficient (Wildman–Crippen LogP) is 12.3. The van der Waals surface area contributed by atoms with Gasteiger partial charge in [0.05, 0.1) is 5.41 Å².